The summed E-state index contributed by atoms with van der Waals surface area (Å²) in [6, 6.07) is 9.88. The normalized spacial score (nSPS) is 15.3. The third-order valence-electron chi connectivity index (χ3n) is 2.23. The molecule has 1 unspecified atom stereocenters. The van der Waals surface area contributed by atoms with Gasteiger partial charge in [-0.15, -0.1) is 0 Å². The van der Waals surface area contributed by atoms with Gasteiger partial charge < -0.3 is 5.11 Å². The molecule has 0 amide bonds. The van der Waals surface area contributed by atoms with Crippen LogP contribution in [0.25, 0.3) is 0 Å². The summed E-state index contributed by atoms with van der Waals surface area (Å²) < 4.78 is 0. The van der Waals surface area contributed by atoms with Crippen molar-refractivity contribution in [1.82, 2.24) is 0 Å². The second kappa shape index (κ2) is 5.57. The highest BCUT2D eigenvalue weighted by atomic mass is 32.2. The van der Waals surface area contributed by atoms with Crippen LogP contribution < -0.4 is 0 Å². The number of hydrogen-bond acceptors (Lipinski definition) is 2. The monoisotopic (exact) mass is 224 g/mol. The van der Waals surface area contributed by atoms with Gasteiger partial charge in [0.25, 0.3) is 0 Å². The molecule has 0 saturated carbocycles. The number of aliphatic hydroxyl groups is 1. The first kappa shape index (κ1) is 12.6. The van der Waals surface area contributed by atoms with Gasteiger partial charge >= 0.3 is 0 Å². The largest absolute Gasteiger partial charge is 0.385 e. The van der Waals surface area contributed by atoms with Gasteiger partial charge in [-0.3, -0.25) is 0 Å². The summed E-state index contributed by atoms with van der Waals surface area (Å²) in [4.78, 5) is 0. The van der Waals surface area contributed by atoms with E-state index in [2.05, 4.69) is 13.8 Å². The first-order valence-electron chi connectivity index (χ1n) is 5.38. The van der Waals surface area contributed by atoms with Gasteiger partial charge in [0, 0.05) is 5.75 Å². The summed E-state index contributed by atoms with van der Waals surface area (Å²) in [5.41, 5.74) is 0.294. The van der Waals surface area contributed by atoms with Crippen molar-refractivity contribution >= 4 is 11.8 Å². The van der Waals surface area contributed by atoms with Crippen LogP contribution in [0.15, 0.2) is 30.3 Å². The second-order valence-corrected chi connectivity index (χ2v) is 5.58. The molecular weight excluding hydrogens is 204 g/mol. The van der Waals surface area contributed by atoms with Crippen molar-refractivity contribution < 1.29 is 5.11 Å². The minimum Gasteiger partial charge on any atom is -0.385 e. The minimum atomic E-state index is -0.708. The van der Waals surface area contributed by atoms with Gasteiger partial charge in [-0.1, -0.05) is 44.2 Å². The van der Waals surface area contributed by atoms with Crippen molar-refractivity contribution in [2.45, 2.75) is 26.4 Å². The lowest BCUT2D eigenvalue weighted by Crippen LogP contribution is -2.24. The van der Waals surface area contributed by atoms with Crippen molar-refractivity contribution in [3.63, 3.8) is 0 Å². The van der Waals surface area contributed by atoms with E-state index in [9.17, 15) is 5.11 Å². The van der Waals surface area contributed by atoms with Crippen LogP contribution in [0, 0.1) is 5.92 Å². The Balaban J connectivity index is 2.52. The quantitative estimate of drug-likeness (QED) is 0.828. The second-order valence-electron chi connectivity index (χ2n) is 4.55. The molecule has 0 heterocycles. The van der Waals surface area contributed by atoms with Gasteiger partial charge in [0.1, 0.15) is 0 Å². The Labute approximate surface area is 96.9 Å². The number of hydrogen-bond donors (Lipinski definition) is 1. The van der Waals surface area contributed by atoms with Crippen LogP contribution in [0.1, 0.15) is 26.3 Å². The van der Waals surface area contributed by atoms with Crippen LogP contribution in [-0.4, -0.2) is 16.6 Å². The fourth-order valence-corrected chi connectivity index (χ4v) is 2.53. The Bertz CT molecular complexity index is 280. The molecule has 15 heavy (non-hydrogen) atoms. The molecule has 1 aromatic carbocycles. The Morgan fingerprint density at radius 2 is 1.87 bits per heavy atom. The topological polar surface area (TPSA) is 20.2 Å². The highest BCUT2D eigenvalue weighted by Gasteiger charge is 2.22. The van der Waals surface area contributed by atoms with Crippen LogP contribution in [0.2, 0.25) is 0 Å². The standard InChI is InChI=1S/C13H20OS/c1-11(2)9-15-10-13(3,14)12-7-5-4-6-8-12/h4-8,11,14H,9-10H2,1-3H3. The molecule has 0 bridgehead atoms. The maximum Gasteiger partial charge on any atom is 0.0958 e. The predicted molar refractivity (Wildman–Crippen MR) is 68.2 cm³/mol. The highest BCUT2D eigenvalue weighted by molar-refractivity contribution is 7.99. The lowest BCUT2D eigenvalue weighted by atomic mass is 9.99. The lowest BCUT2D eigenvalue weighted by molar-refractivity contribution is 0.0839. The Morgan fingerprint density at radius 3 is 2.40 bits per heavy atom. The molecule has 0 radical (unpaired) electrons. The van der Waals surface area contributed by atoms with Crippen LogP contribution >= 0.6 is 11.8 Å². The summed E-state index contributed by atoms with van der Waals surface area (Å²) >= 11 is 1.81. The average Bonchev–Trinajstić information content (AvgIpc) is 2.18. The van der Waals surface area contributed by atoms with Gasteiger partial charge in [0.05, 0.1) is 5.60 Å². The molecule has 0 aliphatic carbocycles. The predicted octanol–water partition coefficient (Wildman–Crippen LogP) is 3.28. The van der Waals surface area contributed by atoms with Crippen LogP contribution in [0.3, 0.4) is 0 Å². The molecule has 1 N–H and O–H groups in total. The Morgan fingerprint density at radius 1 is 1.27 bits per heavy atom. The fraction of sp³-hybridized carbons (Fsp3) is 0.538. The van der Waals surface area contributed by atoms with E-state index in [1.165, 1.54) is 0 Å². The summed E-state index contributed by atoms with van der Waals surface area (Å²) in [6.07, 6.45) is 0. The van der Waals surface area contributed by atoms with Gasteiger partial charge in [-0.25, -0.2) is 0 Å². The molecular formula is C13H20OS. The zero-order valence-electron chi connectivity index (χ0n) is 9.73. The van der Waals surface area contributed by atoms with Crippen LogP contribution in [0.4, 0.5) is 0 Å². The van der Waals surface area contributed by atoms with Crippen LogP contribution in [0.5, 0.6) is 0 Å². The molecule has 1 atom stereocenters. The van der Waals surface area contributed by atoms with Gasteiger partial charge in [0.15, 0.2) is 0 Å². The molecule has 84 valence electrons. The lowest BCUT2D eigenvalue weighted by Gasteiger charge is -2.23. The fourth-order valence-electron chi connectivity index (χ4n) is 1.37. The molecule has 2 heteroatoms. The van der Waals surface area contributed by atoms with E-state index >= 15 is 0 Å². The van der Waals surface area contributed by atoms with Crippen molar-refractivity contribution in [3.05, 3.63) is 35.9 Å². The molecule has 1 rings (SSSR count). The van der Waals surface area contributed by atoms with E-state index in [1.54, 1.807) is 0 Å². The summed E-state index contributed by atoms with van der Waals surface area (Å²) in [7, 11) is 0. The number of thioether (sulfide) groups is 1. The molecule has 0 spiro atoms. The Hall–Kier alpha value is -0.470. The molecule has 0 aliphatic heterocycles. The highest BCUT2D eigenvalue weighted by Crippen LogP contribution is 2.25. The zero-order valence-corrected chi connectivity index (χ0v) is 10.6. The SMILES string of the molecule is CC(C)CSCC(C)(O)c1ccccc1. The van der Waals surface area contributed by atoms with Crippen molar-refractivity contribution in [2.75, 3.05) is 11.5 Å². The van der Waals surface area contributed by atoms with Gasteiger partial charge in [-0.05, 0) is 24.2 Å². The van der Waals surface area contributed by atoms with Crippen LogP contribution in [-0.2, 0) is 5.60 Å². The summed E-state index contributed by atoms with van der Waals surface area (Å²) in [5.74, 6) is 2.54. The third-order valence-corrected chi connectivity index (χ3v) is 3.90. The zero-order chi connectivity index (χ0) is 11.3. The number of benzene rings is 1. The minimum absolute atomic E-state index is 0.682. The van der Waals surface area contributed by atoms with E-state index in [1.807, 2.05) is 49.0 Å². The summed E-state index contributed by atoms with van der Waals surface area (Å²) in [6.45, 7) is 6.28. The Kier molecular flexibility index (Phi) is 4.68. The van der Waals surface area contributed by atoms with Crippen molar-refractivity contribution in [1.29, 1.82) is 0 Å². The van der Waals surface area contributed by atoms with Crippen molar-refractivity contribution in [2.24, 2.45) is 5.92 Å². The molecule has 0 aromatic heterocycles. The molecule has 1 aromatic rings. The van der Waals surface area contributed by atoms with E-state index < -0.39 is 5.60 Å². The first-order valence-corrected chi connectivity index (χ1v) is 6.53. The third kappa shape index (κ3) is 4.27. The molecule has 1 nitrogen and oxygen atoms in total. The maximum atomic E-state index is 10.3. The van der Waals surface area contributed by atoms with Gasteiger partial charge in [-0.2, -0.15) is 11.8 Å². The smallest absolute Gasteiger partial charge is 0.0958 e. The molecule has 0 aliphatic rings. The first-order chi connectivity index (χ1) is 7.02. The van der Waals surface area contributed by atoms with E-state index in [-0.39, 0.29) is 0 Å². The molecule has 0 fully saturated rings. The van der Waals surface area contributed by atoms with E-state index in [0.29, 0.717) is 5.92 Å². The van der Waals surface area contributed by atoms with E-state index in [4.69, 9.17) is 0 Å². The maximum absolute atomic E-state index is 10.3. The van der Waals surface area contributed by atoms with E-state index in [0.717, 1.165) is 17.1 Å². The number of rotatable bonds is 5. The molecule has 0 saturated heterocycles. The van der Waals surface area contributed by atoms with Crippen molar-refractivity contribution in [3.8, 4) is 0 Å². The average molecular weight is 224 g/mol. The van der Waals surface area contributed by atoms with Gasteiger partial charge in [0.2, 0.25) is 0 Å². The summed E-state index contributed by atoms with van der Waals surface area (Å²) in [5, 5.41) is 10.3.